The van der Waals surface area contributed by atoms with E-state index in [1.807, 2.05) is 38.1 Å². The van der Waals surface area contributed by atoms with E-state index in [1.165, 1.54) is 11.5 Å². The summed E-state index contributed by atoms with van der Waals surface area (Å²) >= 11 is 7.33. The van der Waals surface area contributed by atoms with Crippen LogP contribution in [0.4, 0.5) is 5.00 Å². The van der Waals surface area contributed by atoms with Gasteiger partial charge in [-0.1, -0.05) is 23.7 Å². The summed E-state index contributed by atoms with van der Waals surface area (Å²) in [6.07, 6.45) is 0. The fraction of sp³-hybridized carbons (Fsp3) is 0.333. The maximum absolute atomic E-state index is 8.81. The topological polar surface area (TPSA) is 114 Å². The van der Waals surface area contributed by atoms with Crippen LogP contribution in [0.25, 0.3) is 0 Å². The number of fused-ring (bicyclic) bond motifs is 1. The van der Waals surface area contributed by atoms with Gasteiger partial charge in [0, 0.05) is 23.7 Å². The zero-order valence-corrected chi connectivity index (χ0v) is 17.0. The third kappa shape index (κ3) is 3.53. The van der Waals surface area contributed by atoms with Crippen LogP contribution >= 0.6 is 23.1 Å². The van der Waals surface area contributed by atoms with Gasteiger partial charge in [0.25, 0.3) is 0 Å². The highest BCUT2D eigenvalue weighted by Crippen LogP contribution is 2.36. The Morgan fingerprint density at radius 1 is 1.37 bits per heavy atom. The number of aromatic nitrogens is 1. The number of aliphatic imine (C=N–C) groups is 1. The van der Waals surface area contributed by atoms with Gasteiger partial charge < -0.3 is 5.73 Å². The van der Waals surface area contributed by atoms with Gasteiger partial charge in [-0.2, -0.15) is 4.37 Å². The lowest BCUT2D eigenvalue weighted by molar-refractivity contribution is 0.488. The Bertz CT molecular complexity index is 918. The first-order chi connectivity index (χ1) is 12.8. The van der Waals surface area contributed by atoms with Crippen molar-refractivity contribution in [1.29, 1.82) is 10.8 Å². The lowest BCUT2D eigenvalue weighted by atomic mass is 10.0. The maximum atomic E-state index is 8.81. The van der Waals surface area contributed by atoms with Crippen LogP contribution in [0.5, 0.6) is 0 Å². The van der Waals surface area contributed by atoms with Gasteiger partial charge in [0.2, 0.25) is 0 Å². The molecule has 1 aliphatic heterocycles. The molecule has 0 fully saturated rings. The van der Waals surface area contributed by atoms with E-state index in [2.05, 4.69) is 9.69 Å². The third-order valence-corrected chi connectivity index (χ3v) is 5.55. The maximum Gasteiger partial charge on any atom is 0.166 e. The van der Waals surface area contributed by atoms with Crippen molar-refractivity contribution in [3.8, 4) is 0 Å². The van der Waals surface area contributed by atoms with Crippen molar-refractivity contribution in [2.45, 2.75) is 26.4 Å². The first kappa shape index (κ1) is 19.6. The van der Waals surface area contributed by atoms with Crippen LogP contribution in [0.3, 0.4) is 0 Å². The molecule has 0 radical (unpaired) electrons. The van der Waals surface area contributed by atoms with E-state index < -0.39 is 5.66 Å². The normalized spacial score (nSPS) is 19.5. The number of rotatable bonds is 4. The average Bonchev–Trinajstić information content (AvgIpc) is 2.95. The number of nitrogens with two attached hydrogens (primary N) is 1. The summed E-state index contributed by atoms with van der Waals surface area (Å²) in [6.45, 7) is 6.31. The summed E-state index contributed by atoms with van der Waals surface area (Å²) in [5, 5.41) is 21.7. The molecule has 2 heterocycles. The summed E-state index contributed by atoms with van der Waals surface area (Å²) in [5.74, 6) is 0.399. The molecule has 142 valence electrons. The molecule has 7 nitrogen and oxygen atoms in total. The largest absolute Gasteiger partial charge is 0.329 e. The zero-order valence-electron chi connectivity index (χ0n) is 15.4. The monoisotopic (exact) mass is 403 g/mol. The number of benzene rings is 1. The predicted octanol–water partition coefficient (Wildman–Crippen LogP) is 3.00. The van der Waals surface area contributed by atoms with Crippen LogP contribution in [0.1, 0.15) is 30.7 Å². The Kier molecular flexibility index (Phi) is 5.43. The van der Waals surface area contributed by atoms with Crippen molar-refractivity contribution in [3.63, 3.8) is 0 Å². The summed E-state index contributed by atoms with van der Waals surface area (Å²) in [6, 6.07) is 7.44. The summed E-state index contributed by atoms with van der Waals surface area (Å²) in [7, 11) is 0. The fourth-order valence-electron chi connectivity index (χ4n) is 3.01. The van der Waals surface area contributed by atoms with Crippen LogP contribution in [0.15, 0.2) is 29.3 Å². The summed E-state index contributed by atoms with van der Waals surface area (Å²) < 4.78 is 4.47. The van der Waals surface area contributed by atoms with E-state index in [9.17, 15) is 0 Å². The van der Waals surface area contributed by atoms with Crippen molar-refractivity contribution in [1.82, 2.24) is 9.69 Å². The Morgan fingerprint density at radius 2 is 2.04 bits per heavy atom. The molecule has 3 rings (SSSR count). The first-order valence-corrected chi connectivity index (χ1v) is 9.65. The number of nitrogens with one attached hydrogen (secondary N) is 3. The van der Waals surface area contributed by atoms with Crippen molar-refractivity contribution in [2.75, 3.05) is 18.0 Å². The minimum atomic E-state index is -1.04. The summed E-state index contributed by atoms with van der Waals surface area (Å²) in [4.78, 5) is 6.54. The lowest BCUT2D eigenvalue weighted by Gasteiger charge is -2.32. The number of aryl methyl sites for hydroxylation is 1. The zero-order chi connectivity index (χ0) is 19.8. The molecule has 1 unspecified atom stereocenters. The second kappa shape index (κ2) is 7.47. The number of hydrogen-bond acceptors (Lipinski definition) is 7. The third-order valence-electron chi connectivity index (χ3n) is 4.37. The average molecular weight is 404 g/mol. The Morgan fingerprint density at radius 3 is 2.63 bits per heavy atom. The number of halogens is 1. The van der Waals surface area contributed by atoms with E-state index in [1.54, 1.807) is 11.8 Å². The molecule has 9 heteroatoms. The van der Waals surface area contributed by atoms with Crippen molar-refractivity contribution >= 4 is 45.5 Å². The van der Waals surface area contributed by atoms with Gasteiger partial charge in [-0.25, -0.2) is 0 Å². The Hall–Kier alpha value is -2.13. The molecule has 0 bridgehead atoms. The molecule has 0 aliphatic carbocycles. The molecule has 27 heavy (non-hydrogen) atoms. The van der Waals surface area contributed by atoms with E-state index >= 15 is 0 Å². The second-order valence-corrected chi connectivity index (χ2v) is 7.66. The lowest BCUT2D eigenvalue weighted by Crippen LogP contribution is -2.56. The van der Waals surface area contributed by atoms with Crippen LogP contribution in [-0.4, -0.2) is 40.5 Å². The van der Waals surface area contributed by atoms with Gasteiger partial charge in [-0.05, 0) is 44.4 Å². The van der Waals surface area contributed by atoms with Gasteiger partial charge in [-0.15, -0.1) is 0 Å². The highest BCUT2D eigenvalue weighted by molar-refractivity contribution is 7.11. The Labute approximate surface area is 167 Å². The summed E-state index contributed by atoms with van der Waals surface area (Å²) in [5.41, 5.74) is 7.87. The van der Waals surface area contributed by atoms with Gasteiger partial charge in [-0.3, -0.25) is 26.0 Å². The molecule has 1 atom stereocenters. The molecule has 5 N–H and O–H groups in total. The Balaban J connectivity index is 2.29. The first-order valence-electron chi connectivity index (χ1n) is 8.50. The minimum Gasteiger partial charge on any atom is -0.329 e. The molecule has 1 aliphatic rings. The predicted molar refractivity (Wildman–Crippen MR) is 113 cm³/mol. The SMILES string of the molecule is CC(=N)N1C(=N)C(C)(NCCN)N=C(c2ccc(Cl)cc2)c2c(C)nsc21. The minimum absolute atomic E-state index is 0.164. The molecule has 0 saturated heterocycles. The number of anilines is 1. The molecule has 0 spiro atoms. The van der Waals surface area contributed by atoms with Gasteiger partial charge in [0.15, 0.2) is 11.5 Å². The number of amidine groups is 2. The van der Waals surface area contributed by atoms with Crippen LogP contribution in [0.2, 0.25) is 5.02 Å². The van der Waals surface area contributed by atoms with Crippen molar-refractivity contribution in [3.05, 3.63) is 46.1 Å². The molecule has 1 aromatic heterocycles. The number of hydrogen-bond donors (Lipinski definition) is 4. The number of nitrogens with zero attached hydrogens (tertiary/aromatic N) is 3. The second-order valence-electron chi connectivity index (χ2n) is 6.47. The van der Waals surface area contributed by atoms with Crippen LogP contribution < -0.4 is 16.0 Å². The van der Waals surface area contributed by atoms with Crippen LogP contribution in [0, 0.1) is 17.7 Å². The molecule has 2 aromatic rings. The fourth-order valence-corrected chi connectivity index (χ4v) is 4.10. The van der Waals surface area contributed by atoms with Crippen LogP contribution in [-0.2, 0) is 0 Å². The smallest absolute Gasteiger partial charge is 0.166 e. The highest BCUT2D eigenvalue weighted by atomic mass is 35.5. The quantitative estimate of drug-likeness (QED) is 0.464. The van der Waals surface area contributed by atoms with E-state index in [4.69, 9.17) is 33.1 Å². The standard InChI is InChI=1S/C18H22ClN7S/c1-10-14-15(12-4-6-13(19)7-5-12)24-18(3,23-9-8-20)17(22)26(11(2)21)16(14)27-25-10/h4-7,21-23H,8-9,20H2,1-3H3. The van der Waals surface area contributed by atoms with Gasteiger partial charge >= 0.3 is 0 Å². The van der Waals surface area contributed by atoms with E-state index in [0.29, 0.717) is 23.8 Å². The molecule has 0 amide bonds. The highest BCUT2D eigenvalue weighted by Gasteiger charge is 2.40. The molecular weight excluding hydrogens is 382 g/mol. The molecular formula is C18H22ClN7S. The van der Waals surface area contributed by atoms with Gasteiger partial charge in [0.1, 0.15) is 10.8 Å². The van der Waals surface area contributed by atoms with E-state index in [0.717, 1.165) is 21.8 Å². The van der Waals surface area contributed by atoms with Gasteiger partial charge in [0.05, 0.1) is 17.0 Å². The molecule has 1 aromatic carbocycles. The van der Waals surface area contributed by atoms with Crippen molar-refractivity contribution in [2.24, 2.45) is 10.7 Å². The molecule has 0 saturated carbocycles. The van der Waals surface area contributed by atoms with Crippen molar-refractivity contribution < 1.29 is 0 Å². The van der Waals surface area contributed by atoms with E-state index in [-0.39, 0.29) is 11.7 Å².